The molecule has 0 bridgehead atoms. The quantitative estimate of drug-likeness (QED) is 0.614. The number of nitro benzene ring substituents is 1. The van der Waals surface area contributed by atoms with Gasteiger partial charge in [-0.1, -0.05) is 19.8 Å². The molecule has 0 heterocycles. The van der Waals surface area contributed by atoms with E-state index in [1.165, 1.54) is 37.8 Å². The molecule has 1 aromatic carbocycles. The van der Waals surface area contributed by atoms with Crippen molar-refractivity contribution >= 4 is 5.69 Å². The van der Waals surface area contributed by atoms with E-state index in [4.69, 9.17) is 0 Å². The van der Waals surface area contributed by atoms with Gasteiger partial charge >= 0.3 is 0 Å². The number of nitro groups is 1. The minimum Gasteiger partial charge on any atom is -0.314 e. The van der Waals surface area contributed by atoms with Gasteiger partial charge in [0.25, 0.3) is 5.69 Å². The zero-order chi connectivity index (χ0) is 15.2. The Morgan fingerprint density at radius 3 is 2.76 bits per heavy atom. The summed E-state index contributed by atoms with van der Waals surface area (Å²) >= 11 is 0. The van der Waals surface area contributed by atoms with E-state index in [9.17, 15) is 14.5 Å². The molecule has 4 nitrogen and oxygen atoms in total. The van der Waals surface area contributed by atoms with E-state index in [-0.39, 0.29) is 5.69 Å². The molecular weight excluding hydrogens is 271 g/mol. The van der Waals surface area contributed by atoms with Gasteiger partial charge in [-0.15, -0.1) is 0 Å². The maximum atomic E-state index is 13.3. The van der Waals surface area contributed by atoms with Crippen LogP contribution in [0.1, 0.15) is 44.6 Å². The van der Waals surface area contributed by atoms with Crippen LogP contribution in [0.3, 0.4) is 0 Å². The van der Waals surface area contributed by atoms with Crippen molar-refractivity contribution in [2.24, 2.45) is 5.92 Å². The molecule has 5 heteroatoms. The highest BCUT2D eigenvalue weighted by Gasteiger charge is 2.25. The Bertz CT molecular complexity index is 487. The van der Waals surface area contributed by atoms with Crippen LogP contribution in [0.15, 0.2) is 18.2 Å². The molecule has 21 heavy (non-hydrogen) atoms. The van der Waals surface area contributed by atoms with E-state index in [2.05, 4.69) is 12.2 Å². The summed E-state index contributed by atoms with van der Waals surface area (Å²) in [7, 11) is 0. The Kier molecular flexibility index (Phi) is 5.67. The van der Waals surface area contributed by atoms with E-state index >= 15 is 0 Å². The highest BCUT2D eigenvalue weighted by molar-refractivity contribution is 5.40. The first-order valence-electron chi connectivity index (χ1n) is 7.78. The van der Waals surface area contributed by atoms with Crippen LogP contribution in [0, 0.1) is 21.8 Å². The van der Waals surface area contributed by atoms with Crippen LogP contribution in [0.25, 0.3) is 0 Å². The lowest BCUT2D eigenvalue weighted by Gasteiger charge is -2.24. The molecule has 1 aliphatic rings. The number of halogens is 1. The second kappa shape index (κ2) is 7.50. The van der Waals surface area contributed by atoms with Crippen LogP contribution in [0.4, 0.5) is 10.1 Å². The summed E-state index contributed by atoms with van der Waals surface area (Å²) in [5.41, 5.74) is 0.527. The topological polar surface area (TPSA) is 55.2 Å². The molecule has 0 aromatic heterocycles. The van der Waals surface area contributed by atoms with Gasteiger partial charge in [-0.25, -0.2) is 4.39 Å². The molecule has 0 spiro atoms. The minimum absolute atomic E-state index is 0.0260. The molecule has 0 radical (unpaired) electrons. The molecule has 1 atom stereocenters. The molecule has 116 valence electrons. The standard InChI is InChI=1S/C16H23FN2O2/c1-2-18-15(12-5-3-4-6-12)9-7-13-11-14(17)8-10-16(13)19(20)21/h8,10-12,15,18H,2-7,9H2,1H3. The predicted octanol–water partition coefficient (Wildman–Crippen LogP) is 3.83. The number of aryl methyl sites for hydroxylation is 1. The number of hydrogen-bond donors (Lipinski definition) is 1. The SMILES string of the molecule is CCNC(CCc1cc(F)ccc1[N+](=O)[O-])C1CCCC1. The summed E-state index contributed by atoms with van der Waals surface area (Å²) in [6.45, 7) is 2.97. The number of benzene rings is 1. The van der Waals surface area contributed by atoms with Crippen LogP contribution in [-0.2, 0) is 6.42 Å². The summed E-state index contributed by atoms with van der Waals surface area (Å²) in [6.07, 6.45) is 6.36. The van der Waals surface area contributed by atoms with E-state index < -0.39 is 10.7 Å². The van der Waals surface area contributed by atoms with Crippen molar-refractivity contribution in [2.45, 2.75) is 51.5 Å². The fourth-order valence-electron chi connectivity index (χ4n) is 3.37. The molecule has 1 aliphatic carbocycles. The molecule has 0 aliphatic heterocycles. The van der Waals surface area contributed by atoms with E-state index in [1.54, 1.807) is 0 Å². The van der Waals surface area contributed by atoms with Crippen molar-refractivity contribution in [3.8, 4) is 0 Å². The summed E-state index contributed by atoms with van der Waals surface area (Å²) in [6, 6.07) is 4.10. The third kappa shape index (κ3) is 4.24. The normalized spacial score (nSPS) is 17.0. The summed E-state index contributed by atoms with van der Waals surface area (Å²) in [5, 5.41) is 14.5. The van der Waals surface area contributed by atoms with Gasteiger partial charge in [-0.3, -0.25) is 10.1 Å². The average molecular weight is 294 g/mol. The Labute approximate surface area is 124 Å². The van der Waals surface area contributed by atoms with Gasteiger partial charge < -0.3 is 5.32 Å². The molecule has 0 amide bonds. The lowest BCUT2D eigenvalue weighted by Crippen LogP contribution is -2.35. The van der Waals surface area contributed by atoms with Gasteiger partial charge in [0.15, 0.2) is 0 Å². The maximum Gasteiger partial charge on any atom is 0.272 e. The van der Waals surface area contributed by atoms with Crippen molar-refractivity contribution in [1.82, 2.24) is 5.32 Å². The first-order chi connectivity index (χ1) is 10.1. The van der Waals surface area contributed by atoms with Crippen molar-refractivity contribution < 1.29 is 9.31 Å². The molecule has 2 rings (SSSR count). The Balaban J connectivity index is 2.05. The summed E-state index contributed by atoms with van der Waals surface area (Å²) in [4.78, 5) is 10.6. The first-order valence-corrected chi connectivity index (χ1v) is 7.78. The highest BCUT2D eigenvalue weighted by Crippen LogP contribution is 2.30. The zero-order valence-electron chi connectivity index (χ0n) is 12.5. The van der Waals surface area contributed by atoms with E-state index in [1.807, 2.05) is 0 Å². The molecule has 1 fully saturated rings. The lowest BCUT2D eigenvalue weighted by atomic mass is 9.92. The number of nitrogens with zero attached hydrogens (tertiary/aromatic N) is 1. The predicted molar refractivity (Wildman–Crippen MR) is 80.8 cm³/mol. The largest absolute Gasteiger partial charge is 0.314 e. The van der Waals surface area contributed by atoms with Crippen molar-refractivity contribution in [1.29, 1.82) is 0 Å². The Morgan fingerprint density at radius 2 is 2.14 bits per heavy atom. The van der Waals surface area contributed by atoms with Gasteiger partial charge in [0.2, 0.25) is 0 Å². The number of nitrogens with one attached hydrogen (secondary N) is 1. The van der Waals surface area contributed by atoms with Crippen LogP contribution < -0.4 is 5.32 Å². The summed E-state index contributed by atoms with van der Waals surface area (Å²) < 4.78 is 13.3. The monoisotopic (exact) mass is 294 g/mol. The van der Waals surface area contributed by atoms with Gasteiger partial charge in [-0.2, -0.15) is 0 Å². The molecular formula is C16H23FN2O2. The zero-order valence-corrected chi connectivity index (χ0v) is 12.5. The molecule has 1 saturated carbocycles. The Morgan fingerprint density at radius 1 is 1.43 bits per heavy atom. The van der Waals surface area contributed by atoms with E-state index in [0.717, 1.165) is 19.0 Å². The van der Waals surface area contributed by atoms with E-state index in [0.29, 0.717) is 23.9 Å². The Hall–Kier alpha value is -1.49. The third-order valence-corrected chi connectivity index (χ3v) is 4.40. The number of rotatable bonds is 7. The number of hydrogen-bond acceptors (Lipinski definition) is 3. The van der Waals surface area contributed by atoms with Crippen molar-refractivity contribution in [2.75, 3.05) is 6.54 Å². The van der Waals surface area contributed by atoms with Crippen LogP contribution in [0.2, 0.25) is 0 Å². The fourth-order valence-corrected chi connectivity index (χ4v) is 3.37. The second-order valence-corrected chi connectivity index (χ2v) is 5.78. The molecule has 1 N–H and O–H groups in total. The van der Waals surface area contributed by atoms with Gasteiger partial charge in [0.1, 0.15) is 5.82 Å². The highest BCUT2D eigenvalue weighted by atomic mass is 19.1. The van der Waals surface area contributed by atoms with Crippen molar-refractivity contribution in [3.63, 3.8) is 0 Å². The third-order valence-electron chi connectivity index (χ3n) is 4.40. The van der Waals surface area contributed by atoms with Gasteiger partial charge in [0, 0.05) is 17.7 Å². The molecule has 1 aromatic rings. The smallest absolute Gasteiger partial charge is 0.272 e. The first kappa shape index (κ1) is 15.9. The van der Waals surface area contributed by atoms with Crippen LogP contribution in [-0.4, -0.2) is 17.5 Å². The van der Waals surface area contributed by atoms with Crippen LogP contribution in [0.5, 0.6) is 0 Å². The lowest BCUT2D eigenvalue weighted by molar-refractivity contribution is -0.385. The van der Waals surface area contributed by atoms with Gasteiger partial charge in [-0.05, 0) is 50.3 Å². The van der Waals surface area contributed by atoms with Crippen molar-refractivity contribution in [3.05, 3.63) is 39.7 Å². The second-order valence-electron chi connectivity index (χ2n) is 5.78. The van der Waals surface area contributed by atoms with Gasteiger partial charge in [0.05, 0.1) is 4.92 Å². The average Bonchev–Trinajstić information content (AvgIpc) is 2.97. The molecule has 1 unspecified atom stereocenters. The van der Waals surface area contributed by atoms with Crippen LogP contribution >= 0.6 is 0 Å². The molecule has 0 saturated heterocycles. The summed E-state index contributed by atoms with van der Waals surface area (Å²) in [5.74, 6) is 0.244. The fraction of sp³-hybridized carbons (Fsp3) is 0.625. The minimum atomic E-state index is -0.424. The maximum absolute atomic E-state index is 13.3.